The zero-order chi connectivity index (χ0) is 11.4. The SMILES string of the molecule is CNCCCc1ncc(-c2csc(C)n2)o1. The summed E-state index contributed by atoms with van der Waals surface area (Å²) in [5.74, 6) is 1.56. The van der Waals surface area contributed by atoms with Crippen molar-refractivity contribution < 1.29 is 4.42 Å². The monoisotopic (exact) mass is 237 g/mol. The molecule has 0 aliphatic rings. The Kier molecular flexibility index (Phi) is 3.69. The number of hydrogen-bond donors (Lipinski definition) is 1. The minimum absolute atomic E-state index is 0.767. The van der Waals surface area contributed by atoms with Gasteiger partial charge in [0.05, 0.1) is 11.2 Å². The molecule has 5 heteroatoms. The summed E-state index contributed by atoms with van der Waals surface area (Å²) in [7, 11) is 1.94. The molecule has 0 radical (unpaired) electrons. The molecule has 0 fully saturated rings. The molecule has 4 nitrogen and oxygen atoms in total. The van der Waals surface area contributed by atoms with Gasteiger partial charge in [-0.1, -0.05) is 0 Å². The summed E-state index contributed by atoms with van der Waals surface area (Å²) in [5.41, 5.74) is 0.884. The predicted molar refractivity (Wildman–Crippen MR) is 64.6 cm³/mol. The number of thiazole rings is 1. The molecule has 2 rings (SSSR count). The molecule has 0 unspecified atom stereocenters. The molecule has 0 spiro atoms. The van der Waals surface area contributed by atoms with Crippen LogP contribution in [0.25, 0.3) is 11.5 Å². The first-order valence-electron chi connectivity index (χ1n) is 5.31. The Balaban J connectivity index is 2.02. The van der Waals surface area contributed by atoms with E-state index < -0.39 is 0 Å². The maximum atomic E-state index is 5.63. The van der Waals surface area contributed by atoms with Gasteiger partial charge in [0, 0.05) is 11.8 Å². The summed E-state index contributed by atoms with van der Waals surface area (Å²) in [6.07, 6.45) is 3.65. The first kappa shape index (κ1) is 11.3. The van der Waals surface area contributed by atoms with Gasteiger partial charge in [-0.25, -0.2) is 9.97 Å². The molecule has 0 aliphatic heterocycles. The van der Waals surface area contributed by atoms with Crippen LogP contribution < -0.4 is 5.32 Å². The van der Waals surface area contributed by atoms with Crippen LogP contribution in [0.2, 0.25) is 0 Å². The van der Waals surface area contributed by atoms with E-state index >= 15 is 0 Å². The zero-order valence-electron chi connectivity index (χ0n) is 9.49. The molecule has 2 aromatic rings. The van der Waals surface area contributed by atoms with Gasteiger partial charge in [0.15, 0.2) is 11.7 Å². The van der Waals surface area contributed by atoms with Gasteiger partial charge < -0.3 is 9.73 Å². The van der Waals surface area contributed by atoms with Crippen molar-refractivity contribution in [1.82, 2.24) is 15.3 Å². The number of aryl methyl sites for hydroxylation is 2. The van der Waals surface area contributed by atoms with Gasteiger partial charge in [-0.3, -0.25) is 0 Å². The van der Waals surface area contributed by atoms with Gasteiger partial charge in [-0.05, 0) is 26.9 Å². The molecule has 0 aromatic carbocycles. The van der Waals surface area contributed by atoms with Crippen LogP contribution >= 0.6 is 11.3 Å². The van der Waals surface area contributed by atoms with Crippen LogP contribution in [0.4, 0.5) is 0 Å². The number of nitrogens with zero attached hydrogens (tertiary/aromatic N) is 2. The van der Waals surface area contributed by atoms with Gasteiger partial charge >= 0.3 is 0 Å². The van der Waals surface area contributed by atoms with Gasteiger partial charge in [0.2, 0.25) is 0 Å². The molecular weight excluding hydrogens is 222 g/mol. The fourth-order valence-corrected chi connectivity index (χ4v) is 2.04. The highest BCUT2D eigenvalue weighted by Gasteiger charge is 2.08. The quantitative estimate of drug-likeness (QED) is 0.810. The third-order valence-electron chi connectivity index (χ3n) is 2.24. The molecule has 1 N–H and O–H groups in total. The Hall–Kier alpha value is -1.20. The summed E-state index contributed by atoms with van der Waals surface area (Å²) in [6.45, 7) is 2.96. The Morgan fingerprint density at radius 3 is 3.06 bits per heavy atom. The third kappa shape index (κ3) is 2.68. The summed E-state index contributed by atoms with van der Waals surface area (Å²) >= 11 is 1.62. The van der Waals surface area contributed by atoms with E-state index in [4.69, 9.17) is 4.42 Å². The second kappa shape index (κ2) is 5.23. The molecule has 0 bridgehead atoms. The highest BCUT2D eigenvalue weighted by Crippen LogP contribution is 2.22. The van der Waals surface area contributed by atoms with E-state index in [0.717, 1.165) is 41.7 Å². The molecule has 0 saturated carbocycles. The smallest absolute Gasteiger partial charge is 0.195 e. The molecule has 86 valence electrons. The fourth-order valence-electron chi connectivity index (χ4n) is 1.44. The summed E-state index contributed by atoms with van der Waals surface area (Å²) < 4.78 is 5.63. The largest absolute Gasteiger partial charge is 0.439 e. The van der Waals surface area contributed by atoms with E-state index in [9.17, 15) is 0 Å². The molecule has 2 heterocycles. The Labute approximate surface area is 98.7 Å². The van der Waals surface area contributed by atoms with Crippen LogP contribution in [-0.2, 0) is 6.42 Å². The van der Waals surface area contributed by atoms with Crippen molar-refractivity contribution >= 4 is 11.3 Å². The number of nitrogens with one attached hydrogen (secondary N) is 1. The van der Waals surface area contributed by atoms with E-state index in [2.05, 4.69) is 15.3 Å². The van der Waals surface area contributed by atoms with E-state index in [1.807, 2.05) is 19.4 Å². The minimum atomic E-state index is 0.767. The molecule has 0 amide bonds. The summed E-state index contributed by atoms with van der Waals surface area (Å²) in [5, 5.41) is 6.14. The van der Waals surface area contributed by atoms with Crippen molar-refractivity contribution in [2.75, 3.05) is 13.6 Å². The van der Waals surface area contributed by atoms with Crippen molar-refractivity contribution in [2.24, 2.45) is 0 Å². The molecule has 0 aliphatic carbocycles. The van der Waals surface area contributed by atoms with Gasteiger partial charge in [0.1, 0.15) is 5.69 Å². The second-order valence-electron chi connectivity index (χ2n) is 3.58. The van der Waals surface area contributed by atoms with Crippen LogP contribution in [0.5, 0.6) is 0 Å². The Bertz CT molecular complexity index is 450. The number of hydrogen-bond acceptors (Lipinski definition) is 5. The van der Waals surface area contributed by atoms with Crippen LogP contribution in [0.1, 0.15) is 17.3 Å². The zero-order valence-corrected chi connectivity index (χ0v) is 10.3. The van der Waals surface area contributed by atoms with Crippen molar-refractivity contribution in [3.05, 3.63) is 22.5 Å². The predicted octanol–water partition coefficient (Wildman–Crippen LogP) is 2.26. The van der Waals surface area contributed by atoms with Crippen LogP contribution in [0, 0.1) is 6.92 Å². The maximum Gasteiger partial charge on any atom is 0.195 e. The van der Waals surface area contributed by atoms with E-state index in [-0.39, 0.29) is 0 Å². The van der Waals surface area contributed by atoms with E-state index in [1.165, 1.54) is 0 Å². The fraction of sp³-hybridized carbons (Fsp3) is 0.455. The highest BCUT2D eigenvalue weighted by atomic mass is 32.1. The first-order chi connectivity index (χ1) is 7.79. The van der Waals surface area contributed by atoms with Crippen molar-refractivity contribution in [2.45, 2.75) is 19.8 Å². The lowest BCUT2D eigenvalue weighted by Crippen LogP contribution is -2.08. The normalized spacial score (nSPS) is 10.9. The number of rotatable bonds is 5. The van der Waals surface area contributed by atoms with E-state index in [1.54, 1.807) is 17.5 Å². The van der Waals surface area contributed by atoms with Crippen LogP contribution in [0.3, 0.4) is 0 Å². The third-order valence-corrected chi connectivity index (χ3v) is 3.02. The van der Waals surface area contributed by atoms with Crippen LogP contribution in [0.15, 0.2) is 16.0 Å². The Morgan fingerprint density at radius 2 is 2.38 bits per heavy atom. The highest BCUT2D eigenvalue weighted by molar-refractivity contribution is 7.09. The maximum absolute atomic E-state index is 5.63. The molecule has 2 aromatic heterocycles. The standard InChI is InChI=1S/C11H15N3OS/c1-8-14-9(7-16-8)10-6-13-11(15-10)4-3-5-12-2/h6-7,12H,3-5H2,1-2H3. The van der Waals surface area contributed by atoms with Crippen molar-refractivity contribution in [1.29, 1.82) is 0 Å². The average Bonchev–Trinajstić information content (AvgIpc) is 2.87. The van der Waals surface area contributed by atoms with Gasteiger partial charge in [-0.15, -0.1) is 11.3 Å². The molecule has 0 atom stereocenters. The molecular formula is C11H15N3OS. The topological polar surface area (TPSA) is 51.0 Å². The Morgan fingerprint density at radius 1 is 1.50 bits per heavy atom. The van der Waals surface area contributed by atoms with Crippen molar-refractivity contribution in [3.8, 4) is 11.5 Å². The average molecular weight is 237 g/mol. The number of aromatic nitrogens is 2. The van der Waals surface area contributed by atoms with Gasteiger partial charge in [0.25, 0.3) is 0 Å². The molecule has 16 heavy (non-hydrogen) atoms. The second-order valence-corrected chi connectivity index (χ2v) is 4.64. The lowest BCUT2D eigenvalue weighted by molar-refractivity contribution is 0.494. The first-order valence-corrected chi connectivity index (χ1v) is 6.19. The van der Waals surface area contributed by atoms with Gasteiger partial charge in [-0.2, -0.15) is 0 Å². The lowest BCUT2D eigenvalue weighted by Gasteiger charge is -1.95. The van der Waals surface area contributed by atoms with Crippen molar-refractivity contribution in [3.63, 3.8) is 0 Å². The van der Waals surface area contributed by atoms with E-state index in [0.29, 0.717) is 0 Å². The summed E-state index contributed by atoms with van der Waals surface area (Å²) in [6, 6.07) is 0. The number of oxazole rings is 1. The molecule has 0 saturated heterocycles. The minimum Gasteiger partial charge on any atom is -0.439 e. The van der Waals surface area contributed by atoms with Crippen LogP contribution in [-0.4, -0.2) is 23.6 Å². The lowest BCUT2D eigenvalue weighted by atomic mass is 10.3. The summed E-state index contributed by atoms with van der Waals surface area (Å²) in [4.78, 5) is 8.61.